The van der Waals surface area contributed by atoms with Crippen LogP contribution in [0.1, 0.15) is 12.0 Å². The Morgan fingerprint density at radius 3 is 2.80 bits per heavy atom. The van der Waals surface area contributed by atoms with Crippen LogP contribution in [0.3, 0.4) is 0 Å². The predicted octanol–water partition coefficient (Wildman–Crippen LogP) is 2.55. The number of nitrogens with zero attached hydrogens (tertiary/aromatic N) is 1. The molecule has 0 atom stereocenters. The quantitative estimate of drug-likeness (QED) is 0.488. The zero-order valence-corrected chi connectivity index (χ0v) is 13.7. The normalized spacial score (nSPS) is 12.2. The predicted molar refractivity (Wildman–Crippen MR) is 93.0 cm³/mol. The van der Waals surface area contributed by atoms with Gasteiger partial charge in [-0.2, -0.15) is 5.10 Å². The van der Waals surface area contributed by atoms with Crippen LogP contribution in [0.4, 0.5) is 5.69 Å². The van der Waals surface area contributed by atoms with Crippen molar-refractivity contribution >= 4 is 35.3 Å². The van der Waals surface area contributed by atoms with Gasteiger partial charge in [0.05, 0.1) is 6.21 Å². The molecule has 1 heterocycles. The van der Waals surface area contributed by atoms with Gasteiger partial charge in [-0.1, -0.05) is 17.7 Å². The SMILES string of the molecule is O=C(CC(=O)Nc1cccc(Cl)c1)NN=Cc1ccc2c(c1)OCO2. The Kier molecular flexibility index (Phi) is 5.15. The fraction of sp³-hybridized carbons (Fsp3) is 0.118. The molecule has 128 valence electrons. The standard InChI is InChI=1S/C17H14ClN3O4/c18-12-2-1-3-13(7-12)20-16(22)8-17(23)21-19-9-11-4-5-14-15(6-11)25-10-24-14/h1-7,9H,8,10H2,(H,20,22)(H,21,23). The molecule has 0 unspecified atom stereocenters. The van der Waals surface area contributed by atoms with E-state index in [0.29, 0.717) is 22.2 Å². The van der Waals surface area contributed by atoms with Crippen molar-refractivity contribution in [1.29, 1.82) is 0 Å². The first kappa shape index (κ1) is 16.8. The van der Waals surface area contributed by atoms with Gasteiger partial charge in [0.1, 0.15) is 6.42 Å². The van der Waals surface area contributed by atoms with Gasteiger partial charge in [-0.15, -0.1) is 0 Å². The summed E-state index contributed by atoms with van der Waals surface area (Å²) in [6, 6.07) is 11.9. The minimum atomic E-state index is -0.531. The van der Waals surface area contributed by atoms with Crippen LogP contribution in [0.25, 0.3) is 0 Å². The van der Waals surface area contributed by atoms with E-state index < -0.39 is 11.8 Å². The first-order valence-corrected chi connectivity index (χ1v) is 7.75. The highest BCUT2D eigenvalue weighted by Gasteiger charge is 2.12. The van der Waals surface area contributed by atoms with E-state index in [1.54, 1.807) is 42.5 Å². The van der Waals surface area contributed by atoms with Crippen molar-refractivity contribution in [2.75, 3.05) is 12.1 Å². The van der Waals surface area contributed by atoms with E-state index >= 15 is 0 Å². The summed E-state index contributed by atoms with van der Waals surface area (Å²) in [4.78, 5) is 23.5. The number of hydrazone groups is 1. The lowest BCUT2D eigenvalue weighted by molar-refractivity contribution is -0.126. The van der Waals surface area contributed by atoms with E-state index in [0.717, 1.165) is 5.56 Å². The average Bonchev–Trinajstić information content (AvgIpc) is 3.02. The number of carbonyl (C=O) groups is 2. The van der Waals surface area contributed by atoms with Crippen LogP contribution in [0.2, 0.25) is 5.02 Å². The largest absolute Gasteiger partial charge is 0.454 e. The van der Waals surface area contributed by atoms with Crippen LogP contribution < -0.4 is 20.2 Å². The maximum atomic E-state index is 11.8. The Hall–Kier alpha value is -3.06. The lowest BCUT2D eigenvalue weighted by Gasteiger charge is -2.04. The number of hydrogen-bond donors (Lipinski definition) is 2. The number of ether oxygens (including phenoxy) is 2. The lowest BCUT2D eigenvalue weighted by atomic mass is 10.2. The number of anilines is 1. The molecule has 7 nitrogen and oxygen atoms in total. The van der Waals surface area contributed by atoms with Crippen molar-refractivity contribution in [1.82, 2.24) is 5.43 Å². The molecule has 2 N–H and O–H groups in total. The van der Waals surface area contributed by atoms with Crippen molar-refractivity contribution < 1.29 is 19.1 Å². The van der Waals surface area contributed by atoms with Gasteiger partial charge >= 0.3 is 0 Å². The summed E-state index contributed by atoms with van der Waals surface area (Å²) in [5.74, 6) is 0.296. The Morgan fingerprint density at radius 2 is 1.96 bits per heavy atom. The second-order valence-electron chi connectivity index (χ2n) is 5.14. The van der Waals surface area contributed by atoms with Crippen LogP contribution in [-0.4, -0.2) is 24.8 Å². The highest BCUT2D eigenvalue weighted by Crippen LogP contribution is 2.31. The van der Waals surface area contributed by atoms with Crippen LogP contribution in [-0.2, 0) is 9.59 Å². The fourth-order valence-corrected chi connectivity index (χ4v) is 2.32. The number of fused-ring (bicyclic) bond motifs is 1. The monoisotopic (exact) mass is 359 g/mol. The molecule has 1 aliphatic rings. The summed E-state index contributed by atoms with van der Waals surface area (Å²) in [5, 5.41) is 6.90. The van der Waals surface area contributed by atoms with Crippen molar-refractivity contribution in [3.8, 4) is 11.5 Å². The maximum absolute atomic E-state index is 11.8. The summed E-state index contributed by atoms with van der Waals surface area (Å²) in [6.45, 7) is 0.189. The van der Waals surface area contributed by atoms with E-state index in [9.17, 15) is 9.59 Å². The molecule has 2 aromatic carbocycles. The first-order chi connectivity index (χ1) is 12.1. The molecule has 1 aliphatic heterocycles. The van der Waals surface area contributed by atoms with Gasteiger partial charge in [0.15, 0.2) is 11.5 Å². The molecular formula is C17H14ClN3O4. The smallest absolute Gasteiger partial charge is 0.249 e. The molecule has 0 saturated carbocycles. The van der Waals surface area contributed by atoms with E-state index in [2.05, 4.69) is 15.8 Å². The molecule has 3 rings (SSSR count). The van der Waals surface area contributed by atoms with Crippen molar-refractivity contribution in [2.24, 2.45) is 5.10 Å². The van der Waals surface area contributed by atoms with Crippen LogP contribution in [0.5, 0.6) is 11.5 Å². The zero-order valence-electron chi connectivity index (χ0n) is 13.0. The molecule has 0 bridgehead atoms. The third-order valence-corrected chi connectivity index (χ3v) is 3.46. The minimum Gasteiger partial charge on any atom is -0.454 e. The highest BCUT2D eigenvalue weighted by atomic mass is 35.5. The molecule has 0 saturated heterocycles. The topological polar surface area (TPSA) is 89.0 Å². The van der Waals surface area contributed by atoms with Gasteiger partial charge in [-0.3, -0.25) is 9.59 Å². The molecule has 0 spiro atoms. The molecule has 8 heteroatoms. The second-order valence-corrected chi connectivity index (χ2v) is 5.58. The number of rotatable bonds is 5. The second kappa shape index (κ2) is 7.67. The Labute approximate surface area is 148 Å². The van der Waals surface area contributed by atoms with Gasteiger partial charge in [0.25, 0.3) is 0 Å². The Bertz CT molecular complexity index is 838. The molecule has 0 aliphatic carbocycles. The molecule has 2 aromatic rings. The van der Waals surface area contributed by atoms with Crippen LogP contribution >= 0.6 is 11.6 Å². The Morgan fingerprint density at radius 1 is 1.12 bits per heavy atom. The first-order valence-electron chi connectivity index (χ1n) is 7.37. The summed E-state index contributed by atoms with van der Waals surface area (Å²) in [7, 11) is 0. The van der Waals surface area contributed by atoms with Gasteiger partial charge in [0.2, 0.25) is 18.6 Å². The van der Waals surface area contributed by atoms with Gasteiger partial charge in [-0.05, 0) is 42.0 Å². The van der Waals surface area contributed by atoms with E-state index in [1.165, 1.54) is 6.21 Å². The highest BCUT2D eigenvalue weighted by molar-refractivity contribution is 6.30. The summed E-state index contributed by atoms with van der Waals surface area (Å²) in [5.41, 5.74) is 3.55. The van der Waals surface area contributed by atoms with Gasteiger partial charge in [0, 0.05) is 10.7 Å². The minimum absolute atomic E-state index is 0.189. The number of halogens is 1. The molecule has 0 aromatic heterocycles. The maximum Gasteiger partial charge on any atom is 0.249 e. The van der Waals surface area contributed by atoms with Crippen LogP contribution in [0.15, 0.2) is 47.6 Å². The van der Waals surface area contributed by atoms with Crippen molar-refractivity contribution in [2.45, 2.75) is 6.42 Å². The van der Waals surface area contributed by atoms with E-state index in [1.807, 2.05) is 0 Å². The van der Waals surface area contributed by atoms with E-state index in [4.69, 9.17) is 21.1 Å². The third kappa shape index (κ3) is 4.71. The van der Waals surface area contributed by atoms with Crippen LogP contribution in [0, 0.1) is 0 Å². The Balaban J connectivity index is 1.48. The summed E-state index contributed by atoms with van der Waals surface area (Å²) < 4.78 is 10.5. The average molecular weight is 360 g/mol. The third-order valence-electron chi connectivity index (χ3n) is 3.23. The lowest BCUT2D eigenvalue weighted by Crippen LogP contribution is -2.24. The molecule has 0 radical (unpaired) electrons. The zero-order chi connectivity index (χ0) is 17.6. The number of nitrogens with one attached hydrogen (secondary N) is 2. The number of carbonyl (C=O) groups excluding carboxylic acids is 2. The molecule has 25 heavy (non-hydrogen) atoms. The molecular weight excluding hydrogens is 346 g/mol. The summed E-state index contributed by atoms with van der Waals surface area (Å²) >= 11 is 5.83. The molecule has 2 amide bonds. The fourth-order valence-electron chi connectivity index (χ4n) is 2.13. The van der Waals surface area contributed by atoms with Crippen molar-refractivity contribution in [3.05, 3.63) is 53.1 Å². The van der Waals surface area contributed by atoms with Gasteiger partial charge in [-0.25, -0.2) is 5.43 Å². The molecule has 0 fully saturated rings. The van der Waals surface area contributed by atoms with E-state index in [-0.39, 0.29) is 13.2 Å². The number of amides is 2. The van der Waals surface area contributed by atoms with Crippen molar-refractivity contribution in [3.63, 3.8) is 0 Å². The number of benzene rings is 2. The summed E-state index contributed by atoms with van der Waals surface area (Å²) in [6.07, 6.45) is 1.10. The van der Waals surface area contributed by atoms with Gasteiger partial charge < -0.3 is 14.8 Å². The number of hydrogen-bond acceptors (Lipinski definition) is 5.